The molecule has 5 rings (SSSR count). The maximum absolute atomic E-state index is 11.7. The fraction of sp³-hybridized carbons (Fsp3) is 0.182. The van der Waals surface area contributed by atoms with Crippen LogP contribution in [-0.2, 0) is 0 Å². The van der Waals surface area contributed by atoms with Gasteiger partial charge in [0.05, 0.1) is 16.6 Å². The van der Waals surface area contributed by atoms with Gasteiger partial charge in [-0.2, -0.15) is 0 Å². The van der Waals surface area contributed by atoms with Crippen molar-refractivity contribution < 1.29 is 4.79 Å². The Kier molecular flexibility index (Phi) is 4.29. The number of primary amides is 1. The van der Waals surface area contributed by atoms with E-state index in [-0.39, 0.29) is 12.0 Å². The first-order valence-electron chi connectivity index (χ1n) is 9.56. The van der Waals surface area contributed by atoms with Crippen molar-refractivity contribution >= 4 is 33.5 Å². The van der Waals surface area contributed by atoms with Crippen molar-refractivity contribution in [2.45, 2.75) is 12.0 Å². The quantitative estimate of drug-likeness (QED) is 0.499. The average Bonchev–Trinajstić information content (AvgIpc) is 3.21. The van der Waals surface area contributed by atoms with Crippen LogP contribution in [0.25, 0.3) is 21.8 Å². The number of hydrogen-bond acceptors (Lipinski definition) is 6. The van der Waals surface area contributed by atoms with Gasteiger partial charge in [-0.05, 0) is 35.9 Å². The zero-order valence-corrected chi connectivity index (χ0v) is 15.7. The van der Waals surface area contributed by atoms with Gasteiger partial charge in [-0.15, -0.1) is 0 Å². The minimum atomic E-state index is -0.495. The molecule has 4 N–H and O–H groups in total. The molecule has 1 amide bonds. The lowest BCUT2D eigenvalue weighted by molar-refractivity contribution is 0.100. The molecule has 3 heterocycles. The lowest BCUT2D eigenvalue weighted by atomic mass is 9.93. The molecule has 144 valence electrons. The average molecular weight is 384 g/mol. The van der Waals surface area contributed by atoms with Gasteiger partial charge in [0, 0.05) is 42.0 Å². The highest BCUT2D eigenvalue weighted by Crippen LogP contribution is 2.30. The van der Waals surface area contributed by atoms with Gasteiger partial charge >= 0.3 is 0 Å². The Labute approximate surface area is 167 Å². The van der Waals surface area contributed by atoms with Crippen LogP contribution in [0.2, 0.25) is 0 Å². The molecule has 2 aromatic carbocycles. The van der Waals surface area contributed by atoms with E-state index < -0.39 is 5.91 Å². The summed E-state index contributed by atoms with van der Waals surface area (Å²) in [6.45, 7) is 1.69. The molecule has 1 fully saturated rings. The summed E-state index contributed by atoms with van der Waals surface area (Å²) < 4.78 is 0. The first kappa shape index (κ1) is 17.5. The normalized spacial score (nSPS) is 18.9. The van der Waals surface area contributed by atoms with Gasteiger partial charge in [0.2, 0.25) is 0 Å². The minimum Gasteiger partial charge on any atom is -0.366 e. The van der Waals surface area contributed by atoms with Crippen LogP contribution in [0.1, 0.15) is 21.8 Å². The Morgan fingerprint density at radius 1 is 1.07 bits per heavy atom. The molecule has 0 saturated carbocycles. The molecule has 0 spiro atoms. The predicted molar refractivity (Wildman–Crippen MR) is 113 cm³/mol. The van der Waals surface area contributed by atoms with E-state index in [9.17, 15) is 4.79 Å². The molecule has 0 radical (unpaired) electrons. The van der Waals surface area contributed by atoms with Gasteiger partial charge in [-0.1, -0.05) is 18.2 Å². The number of nitrogens with zero attached hydrogens (tertiary/aromatic N) is 3. The van der Waals surface area contributed by atoms with E-state index in [4.69, 9.17) is 5.73 Å². The van der Waals surface area contributed by atoms with E-state index in [1.54, 1.807) is 12.1 Å². The van der Waals surface area contributed by atoms with Crippen LogP contribution in [0.4, 0.5) is 5.82 Å². The van der Waals surface area contributed by atoms with E-state index >= 15 is 0 Å². The van der Waals surface area contributed by atoms with Gasteiger partial charge < -0.3 is 16.4 Å². The largest absolute Gasteiger partial charge is 0.366 e. The van der Waals surface area contributed by atoms with Gasteiger partial charge in [0.15, 0.2) is 0 Å². The Balaban J connectivity index is 1.49. The van der Waals surface area contributed by atoms with Gasteiger partial charge in [0.1, 0.15) is 12.1 Å². The number of carbonyl (C=O) groups excluding carboxylic acids is 1. The monoisotopic (exact) mass is 384 g/mol. The molecule has 2 aromatic heterocycles. The molecule has 1 saturated heterocycles. The molecule has 0 aliphatic carbocycles. The van der Waals surface area contributed by atoms with Crippen LogP contribution in [0.3, 0.4) is 0 Å². The summed E-state index contributed by atoms with van der Waals surface area (Å²) in [7, 11) is 0. The van der Waals surface area contributed by atoms with Crippen molar-refractivity contribution in [1.29, 1.82) is 0 Å². The molecule has 2 atom stereocenters. The maximum Gasteiger partial charge on any atom is 0.250 e. The summed E-state index contributed by atoms with van der Waals surface area (Å²) in [5.41, 5.74) is 8.71. The van der Waals surface area contributed by atoms with Crippen LogP contribution < -0.4 is 16.4 Å². The number of rotatable bonds is 4. The number of benzene rings is 2. The number of hydrogen-bond donors (Lipinski definition) is 3. The summed E-state index contributed by atoms with van der Waals surface area (Å²) in [5, 5.41) is 8.96. The van der Waals surface area contributed by atoms with E-state index in [1.807, 2.05) is 18.3 Å². The number of anilines is 1. The van der Waals surface area contributed by atoms with E-state index in [0.29, 0.717) is 16.9 Å². The first-order valence-corrected chi connectivity index (χ1v) is 9.56. The Morgan fingerprint density at radius 3 is 2.90 bits per heavy atom. The fourth-order valence-electron chi connectivity index (χ4n) is 4.08. The second kappa shape index (κ2) is 7.10. The molecular formula is C22H20N6O. The molecule has 1 aliphatic rings. The van der Waals surface area contributed by atoms with Crippen LogP contribution in [0.15, 0.2) is 61.1 Å². The second-order valence-electron chi connectivity index (χ2n) is 7.26. The van der Waals surface area contributed by atoms with Crippen molar-refractivity contribution in [3.8, 4) is 0 Å². The van der Waals surface area contributed by atoms with Crippen molar-refractivity contribution in [3.05, 3.63) is 72.2 Å². The van der Waals surface area contributed by atoms with Crippen molar-refractivity contribution in [2.24, 2.45) is 5.73 Å². The molecule has 7 heteroatoms. The number of carbonyl (C=O) groups is 1. The fourth-order valence-corrected chi connectivity index (χ4v) is 4.08. The van der Waals surface area contributed by atoms with E-state index in [0.717, 1.165) is 29.4 Å². The minimum absolute atomic E-state index is 0.152. The number of para-hydroxylation sites is 1. The van der Waals surface area contributed by atoms with Crippen molar-refractivity contribution in [1.82, 2.24) is 20.3 Å². The highest BCUT2D eigenvalue weighted by molar-refractivity contribution is 6.06. The van der Waals surface area contributed by atoms with Gasteiger partial charge in [-0.3, -0.25) is 9.78 Å². The van der Waals surface area contributed by atoms with Crippen molar-refractivity contribution in [3.63, 3.8) is 0 Å². The summed E-state index contributed by atoms with van der Waals surface area (Å²) in [4.78, 5) is 24.9. The highest BCUT2D eigenvalue weighted by Gasteiger charge is 2.29. The number of amides is 1. The summed E-state index contributed by atoms with van der Waals surface area (Å²) in [5.74, 6) is 0.494. The standard InChI is InChI=1S/C22H20N6O/c23-21(29)15-4-1-5-16-20(15)26-12-27-22(16)28-19-11-24-10-17(19)13-6-7-18-14(9-13)3-2-8-25-18/h1-9,12,17,19,24H,10-11H2,(H2,23,29)(H,26,27,28)/t17-,19+/m0/s1. The predicted octanol–water partition coefficient (Wildman–Crippen LogP) is 2.44. The molecule has 29 heavy (non-hydrogen) atoms. The number of fused-ring (bicyclic) bond motifs is 2. The molecule has 0 unspecified atom stereocenters. The van der Waals surface area contributed by atoms with E-state index in [2.05, 4.69) is 49.9 Å². The molecule has 7 nitrogen and oxygen atoms in total. The van der Waals surface area contributed by atoms with Gasteiger partial charge in [0.25, 0.3) is 5.91 Å². The maximum atomic E-state index is 11.7. The molecular weight excluding hydrogens is 364 g/mol. The second-order valence-corrected chi connectivity index (χ2v) is 7.26. The molecule has 1 aliphatic heterocycles. The van der Waals surface area contributed by atoms with Crippen LogP contribution in [0.5, 0.6) is 0 Å². The third kappa shape index (κ3) is 3.15. The van der Waals surface area contributed by atoms with Crippen LogP contribution in [-0.4, -0.2) is 40.0 Å². The smallest absolute Gasteiger partial charge is 0.250 e. The SMILES string of the molecule is NC(=O)c1cccc2c(N[C@@H]3CNC[C@H]3c3ccc4ncccc4c3)ncnc12. The Bertz CT molecular complexity index is 1220. The molecule has 4 aromatic rings. The third-order valence-electron chi connectivity index (χ3n) is 5.52. The zero-order valence-electron chi connectivity index (χ0n) is 15.7. The number of pyridine rings is 1. The topological polar surface area (TPSA) is 106 Å². The Hall–Kier alpha value is -3.58. The van der Waals surface area contributed by atoms with Gasteiger partial charge in [-0.25, -0.2) is 9.97 Å². The van der Waals surface area contributed by atoms with Crippen LogP contribution >= 0.6 is 0 Å². The summed E-state index contributed by atoms with van der Waals surface area (Å²) >= 11 is 0. The summed E-state index contributed by atoms with van der Waals surface area (Å²) in [6, 6.07) is 16.0. The third-order valence-corrected chi connectivity index (χ3v) is 5.52. The Morgan fingerprint density at radius 2 is 2.00 bits per heavy atom. The molecule has 0 bridgehead atoms. The number of nitrogens with one attached hydrogen (secondary N) is 2. The highest BCUT2D eigenvalue weighted by atomic mass is 16.1. The lowest BCUT2D eigenvalue weighted by Crippen LogP contribution is -2.27. The van der Waals surface area contributed by atoms with Crippen molar-refractivity contribution in [2.75, 3.05) is 18.4 Å². The number of aromatic nitrogens is 3. The first-order chi connectivity index (χ1) is 14.2. The van der Waals surface area contributed by atoms with E-state index in [1.165, 1.54) is 11.9 Å². The summed E-state index contributed by atoms with van der Waals surface area (Å²) in [6.07, 6.45) is 3.28. The lowest BCUT2D eigenvalue weighted by Gasteiger charge is -2.22. The van der Waals surface area contributed by atoms with Crippen LogP contribution in [0, 0.1) is 0 Å². The number of nitrogens with two attached hydrogens (primary N) is 1. The zero-order chi connectivity index (χ0) is 19.8.